The lowest BCUT2D eigenvalue weighted by Gasteiger charge is -2.11. The lowest BCUT2D eigenvalue weighted by molar-refractivity contribution is 0.0943. The Kier molecular flexibility index (Phi) is 5.27. The SMILES string of the molecule is Cc1cccc(-c2nccc(Nc3cccc(C(=O)NC(C)C)c3)n2)c1. The van der Waals surface area contributed by atoms with Gasteiger partial charge < -0.3 is 10.6 Å². The number of carbonyl (C=O) groups excluding carboxylic acids is 1. The van der Waals surface area contributed by atoms with Gasteiger partial charge in [-0.1, -0.05) is 29.8 Å². The molecule has 5 nitrogen and oxygen atoms in total. The third-order valence-corrected chi connectivity index (χ3v) is 3.75. The molecule has 0 aliphatic carbocycles. The molecule has 0 saturated carbocycles. The second-order valence-corrected chi connectivity index (χ2v) is 6.47. The van der Waals surface area contributed by atoms with Gasteiger partial charge in [-0.3, -0.25) is 4.79 Å². The first-order valence-corrected chi connectivity index (χ1v) is 8.59. The summed E-state index contributed by atoms with van der Waals surface area (Å²) < 4.78 is 0. The highest BCUT2D eigenvalue weighted by molar-refractivity contribution is 5.95. The van der Waals surface area contributed by atoms with Gasteiger partial charge in [0, 0.05) is 29.1 Å². The van der Waals surface area contributed by atoms with Crippen LogP contribution in [0.1, 0.15) is 29.8 Å². The van der Waals surface area contributed by atoms with E-state index in [1.54, 1.807) is 18.3 Å². The van der Waals surface area contributed by atoms with Crippen LogP contribution in [0.5, 0.6) is 0 Å². The average molecular weight is 346 g/mol. The number of rotatable bonds is 5. The number of anilines is 2. The van der Waals surface area contributed by atoms with Crippen molar-refractivity contribution >= 4 is 17.4 Å². The normalized spacial score (nSPS) is 10.6. The summed E-state index contributed by atoms with van der Waals surface area (Å²) in [7, 11) is 0. The molecule has 1 heterocycles. The van der Waals surface area contributed by atoms with Crippen LogP contribution in [0.2, 0.25) is 0 Å². The number of nitrogens with one attached hydrogen (secondary N) is 2. The van der Waals surface area contributed by atoms with E-state index >= 15 is 0 Å². The molecule has 5 heteroatoms. The number of amides is 1. The maximum absolute atomic E-state index is 12.2. The fourth-order valence-corrected chi connectivity index (χ4v) is 2.58. The molecule has 0 spiro atoms. The fourth-order valence-electron chi connectivity index (χ4n) is 2.58. The highest BCUT2D eigenvalue weighted by Gasteiger charge is 2.08. The van der Waals surface area contributed by atoms with Crippen molar-refractivity contribution in [2.75, 3.05) is 5.32 Å². The molecule has 0 aliphatic rings. The predicted octanol–water partition coefficient (Wildman–Crippen LogP) is 4.33. The summed E-state index contributed by atoms with van der Waals surface area (Å²) in [4.78, 5) is 21.1. The molecule has 0 aliphatic heterocycles. The number of aryl methyl sites for hydroxylation is 1. The Balaban J connectivity index is 1.81. The zero-order valence-corrected chi connectivity index (χ0v) is 15.2. The second kappa shape index (κ2) is 7.78. The monoisotopic (exact) mass is 346 g/mol. The molecule has 26 heavy (non-hydrogen) atoms. The number of aromatic nitrogens is 2. The number of nitrogens with zero attached hydrogens (tertiary/aromatic N) is 2. The van der Waals surface area contributed by atoms with Crippen LogP contribution >= 0.6 is 0 Å². The van der Waals surface area contributed by atoms with Crippen molar-refractivity contribution in [2.45, 2.75) is 26.8 Å². The fraction of sp³-hybridized carbons (Fsp3) is 0.190. The van der Waals surface area contributed by atoms with E-state index < -0.39 is 0 Å². The summed E-state index contributed by atoms with van der Waals surface area (Å²) in [6.07, 6.45) is 1.72. The van der Waals surface area contributed by atoms with E-state index in [2.05, 4.69) is 26.7 Å². The smallest absolute Gasteiger partial charge is 0.251 e. The Morgan fingerprint density at radius 1 is 1.04 bits per heavy atom. The summed E-state index contributed by atoms with van der Waals surface area (Å²) in [5.74, 6) is 1.25. The van der Waals surface area contributed by atoms with Crippen molar-refractivity contribution in [3.05, 3.63) is 71.9 Å². The van der Waals surface area contributed by atoms with Crippen LogP contribution in [-0.4, -0.2) is 21.9 Å². The molecule has 2 N–H and O–H groups in total. The first-order valence-electron chi connectivity index (χ1n) is 8.59. The number of benzene rings is 2. The van der Waals surface area contributed by atoms with Crippen molar-refractivity contribution in [1.29, 1.82) is 0 Å². The topological polar surface area (TPSA) is 66.9 Å². The standard InChI is InChI=1S/C21H22N4O/c1-14(2)23-21(26)17-8-5-9-18(13-17)24-19-10-11-22-20(25-19)16-7-4-6-15(3)12-16/h4-14H,1-3H3,(H,23,26)(H,22,24,25). The van der Waals surface area contributed by atoms with E-state index in [4.69, 9.17) is 0 Å². The van der Waals surface area contributed by atoms with Gasteiger partial charge in [0.2, 0.25) is 0 Å². The molecule has 0 fully saturated rings. The summed E-state index contributed by atoms with van der Waals surface area (Å²) in [5, 5.41) is 6.14. The van der Waals surface area contributed by atoms with Crippen LogP contribution < -0.4 is 10.6 Å². The number of hydrogen-bond acceptors (Lipinski definition) is 4. The molecular formula is C21H22N4O. The van der Waals surface area contributed by atoms with Crippen molar-refractivity contribution in [2.24, 2.45) is 0 Å². The van der Waals surface area contributed by atoms with E-state index in [1.165, 1.54) is 0 Å². The molecule has 3 aromatic rings. The third-order valence-electron chi connectivity index (χ3n) is 3.75. The lowest BCUT2D eigenvalue weighted by atomic mass is 10.1. The highest BCUT2D eigenvalue weighted by Crippen LogP contribution is 2.20. The summed E-state index contributed by atoms with van der Waals surface area (Å²) in [6, 6.07) is 17.3. The van der Waals surface area contributed by atoms with Gasteiger partial charge in [0.15, 0.2) is 5.82 Å². The third kappa shape index (κ3) is 4.45. The Labute approximate surface area is 153 Å². The van der Waals surface area contributed by atoms with Crippen LogP contribution in [0.25, 0.3) is 11.4 Å². The summed E-state index contributed by atoms with van der Waals surface area (Å²) >= 11 is 0. The Morgan fingerprint density at radius 2 is 1.85 bits per heavy atom. The largest absolute Gasteiger partial charge is 0.350 e. The lowest BCUT2D eigenvalue weighted by Crippen LogP contribution is -2.30. The first kappa shape index (κ1) is 17.6. The Morgan fingerprint density at radius 3 is 2.62 bits per heavy atom. The van der Waals surface area contributed by atoms with E-state index in [0.29, 0.717) is 17.2 Å². The molecule has 0 unspecified atom stereocenters. The van der Waals surface area contributed by atoms with Crippen molar-refractivity contribution in [3.63, 3.8) is 0 Å². The maximum Gasteiger partial charge on any atom is 0.251 e. The van der Waals surface area contributed by atoms with Gasteiger partial charge in [-0.15, -0.1) is 0 Å². The van der Waals surface area contributed by atoms with Crippen LogP contribution in [0.3, 0.4) is 0 Å². The minimum atomic E-state index is -0.0909. The second-order valence-electron chi connectivity index (χ2n) is 6.47. The van der Waals surface area contributed by atoms with Crippen LogP contribution in [0.15, 0.2) is 60.8 Å². The van der Waals surface area contributed by atoms with E-state index in [9.17, 15) is 4.79 Å². The molecule has 2 aromatic carbocycles. The van der Waals surface area contributed by atoms with Crippen LogP contribution in [0.4, 0.5) is 11.5 Å². The molecule has 0 saturated heterocycles. The van der Waals surface area contributed by atoms with Gasteiger partial charge in [-0.05, 0) is 51.1 Å². The van der Waals surface area contributed by atoms with Gasteiger partial charge in [-0.25, -0.2) is 9.97 Å². The maximum atomic E-state index is 12.2. The van der Waals surface area contributed by atoms with E-state index in [1.807, 2.05) is 57.2 Å². The van der Waals surface area contributed by atoms with Gasteiger partial charge in [0.05, 0.1) is 0 Å². The number of carbonyl (C=O) groups is 1. The van der Waals surface area contributed by atoms with Crippen molar-refractivity contribution in [3.8, 4) is 11.4 Å². The molecule has 0 radical (unpaired) electrons. The first-order chi connectivity index (χ1) is 12.5. The molecule has 0 bridgehead atoms. The van der Waals surface area contributed by atoms with Gasteiger partial charge >= 0.3 is 0 Å². The minimum absolute atomic E-state index is 0.0909. The van der Waals surface area contributed by atoms with Gasteiger partial charge in [-0.2, -0.15) is 0 Å². The molecule has 3 rings (SSSR count). The zero-order chi connectivity index (χ0) is 18.5. The zero-order valence-electron chi connectivity index (χ0n) is 15.2. The van der Waals surface area contributed by atoms with Crippen LogP contribution in [0, 0.1) is 6.92 Å². The molecular weight excluding hydrogens is 324 g/mol. The molecule has 0 atom stereocenters. The van der Waals surface area contributed by atoms with Crippen molar-refractivity contribution in [1.82, 2.24) is 15.3 Å². The molecule has 1 aromatic heterocycles. The summed E-state index contributed by atoms with van der Waals surface area (Å²) in [5.41, 5.74) is 3.54. The quantitative estimate of drug-likeness (QED) is 0.721. The average Bonchev–Trinajstić information content (AvgIpc) is 2.62. The van der Waals surface area contributed by atoms with E-state index in [-0.39, 0.29) is 11.9 Å². The predicted molar refractivity (Wildman–Crippen MR) is 105 cm³/mol. The minimum Gasteiger partial charge on any atom is -0.350 e. The Bertz CT molecular complexity index is 921. The Hall–Kier alpha value is -3.21. The van der Waals surface area contributed by atoms with Gasteiger partial charge in [0.1, 0.15) is 5.82 Å². The number of hydrogen-bond donors (Lipinski definition) is 2. The van der Waals surface area contributed by atoms with Gasteiger partial charge in [0.25, 0.3) is 5.91 Å². The molecule has 132 valence electrons. The molecule has 1 amide bonds. The van der Waals surface area contributed by atoms with Crippen LogP contribution in [-0.2, 0) is 0 Å². The van der Waals surface area contributed by atoms with Crippen molar-refractivity contribution < 1.29 is 4.79 Å². The van der Waals surface area contributed by atoms with E-state index in [0.717, 1.165) is 16.8 Å². The summed E-state index contributed by atoms with van der Waals surface area (Å²) in [6.45, 7) is 5.92. The highest BCUT2D eigenvalue weighted by atomic mass is 16.1.